The summed E-state index contributed by atoms with van der Waals surface area (Å²) in [7, 11) is -4.02. The average molecular weight is 322 g/mol. The number of rotatable bonds is 5. The van der Waals surface area contributed by atoms with Crippen molar-refractivity contribution in [1.82, 2.24) is 10.3 Å². The van der Waals surface area contributed by atoms with Gasteiger partial charge in [-0.1, -0.05) is 25.1 Å². The number of amides is 1. The van der Waals surface area contributed by atoms with E-state index in [2.05, 4.69) is 5.43 Å². The summed E-state index contributed by atoms with van der Waals surface area (Å²) in [4.78, 5) is 13.5. The summed E-state index contributed by atoms with van der Waals surface area (Å²) in [6.07, 6.45) is 0.841. The first-order valence-corrected chi connectivity index (χ1v) is 8.07. The summed E-state index contributed by atoms with van der Waals surface area (Å²) in [5, 5.41) is 0. The molecule has 0 aliphatic carbocycles. The molecule has 0 radical (unpaired) electrons. The molecule has 7 heteroatoms. The average Bonchev–Trinajstić information content (AvgIpc) is 2.53. The SMILES string of the molecule is CCc1ccc(C(=O)NNS(=O)(=O)c2cccc(F)c2)cc1. The lowest BCUT2D eigenvalue weighted by atomic mass is 10.1. The van der Waals surface area contributed by atoms with E-state index >= 15 is 0 Å². The highest BCUT2D eigenvalue weighted by atomic mass is 32.2. The van der Waals surface area contributed by atoms with Crippen LogP contribution in [-0.2, 0) is 16.4 Å². The Hall–Kier alpha value is -2.25. The van der Waals surface area contributed by atoms with Crippen molar-refractivity contribution in [2.45, 2.75) is 18.2 Å². The molecule has 116 valence electrons. The zero-order chi connectivity index (χ0) is 16.2. The molecule has 2 N–H and O–H groups in total. The molecule has 22 heavy (non-hydrogen) atoms. The molecule has 2 aromatic carbocycles. The van der Waals surface area contributed by atoms with Crippen LogP contribution in [0, 0.1) is 5.82 Å². The molecule has 0 aliphatic rings. The van der Waals surface area contributed by atoms with E-state index in [0.29, 0.717) is 5.56 Å². The number of aryl methyl sites for hydroxylation is 1. The molecule has 0 aromatic heterocycles. The molecule has 0 saturated heterocycles. The van der Waals surface area contributed by atoms with Gasteiger partial charge in [-0.2, -0.15) is 0 Å². The molecule has 0 heterocycles. The van der Waals surface area contributed by atoms with Crippen molar-refractivity contribution < 1.29 is 17.6 Å². The van der Waals surface area contributed by atoms with Crippen molar-refractivity contribution in [1.29, 1.82) is 0 Å². The standard InChI is InChI=1S/C15H15FN2O3S/c1-2-11-6-8-12(9-7-11)15(19)17-18-22(20,21)14-5-3-4-13(16)10-14/h3-10,18H,2H2,1H3,(H,17,19). The van der Waals surface area contributed by atoms with Crippen molar-refractivity contribution in [2.75, 3.05) is 0 Å². The van der Waals surface area contributed by atoms with Crippen LogP contribution in [0.1, 0.15) is 22.8 Å². The van der Waals surface area contributed by atoms with Crippen LogP contribution in [0.4, 0.5) is 4.39 Å². The van der Waals surface area contributed by atoms with Crippen LogP contribution < -0.4 is 10.3 Å². The normalized spacial score (nSPS) is 11.2. The molecule has 0 saturated carbocycles. The fourth-order valence-corrected chi connectivity index (χ4v) is 2.64. The van der Waals surface area contributed by atoms with Crippen LogP contribution in [-0.4, -0.2) is 14.3 Å². The Kier molecular flexibility index (Phi) is 4.89. The lowest BCUT2D eigenvalue weighted by molar-refractivity contribution is 0.0945. The Bertz CT molecular complexity index is 774. The van der Waals surface area contributed by atoms with E-state index in [0.717, 1.165) is 24.1 Å². The van der Waals surface area contributed by atoms with Gasteiger partial charge in [0.05, 0.1) is 4.90 Å². The first-order chi connectivity index (χ1) is 10.4. The molecule has 2 aromatic rings. The summed E-state index contributed by atoms with van der Waals surface area (Å²) in [5.41, 5.74) is 3.48. The minimum atomic E-state index is -4.02. The maximum absolute atomic E-state index is 13.1. The van der Waals surface area contributed by atoms with Gasteiger partial charge in [0.25, 0.3) is 15.9 Å². The molecule has 5 nitrogen and oxygen atoms in total. The minimum absolute atomic E-state index is 0.269. The third-order valence-electron chi connectivity index (χ3n) is 3.03. The highest BCUT2D eigenvalue weighted by Crippen LogP contribution is 2.10. The van der Waals surface area contributed by atoms with E-state index in [-0.39, 0.29) is 4.90 Å². The number of carbonyl (C=O) groups is 1. The number of carbonyl (C=O) groups excluding carboxylic acids is 1. The Balaban J connectivity index is 2.06. The number of nitrogens with one attached hydrogen (secondary N) is 2. The van der Waals surface area contributed by atoms with E-state index in [1.54, 1.807) is 24.3 Å². The minimum Gasteiger partial charge on any atom is -0.273 e. The molecular weight excluding hydrogens is 307 g/mol. The van der Waals surface area contributed by atoms with Crippen LogP contribution in [0.5, 0.6) is 0 Å². The highest BCUT2D eigenvalue weighted by Gasteiger charge is 2.16. The smallest absolute Gasteiger partial charge is 0.266 e. The van der Waals surface area contributed by atoms with Crippen LogP contribution in [0.3, 0.4) is 0 Å². The fourth-order valence-electron chi connectivity index (χ4n) is 1.77. The van der Waals surface area contributed by atoms with E-state index in [9.17, 15) is 17.6 Å². The van der Waals surface area contributed by atoms with Gasteiger partial charge in [0.2, 0.25) is 0 Å². The van der Waals surface area contributed by atoms with E-state index < -0.39 is 21.7 Å². The molecule has 0 atom stereocenters. The lowest BCUT2D eigenvalue weighted by Gasteiger charge is -2.09. The second kappa shape index (κ2) is 6.67. The quantitative estimate of drug-likeness (QED) is 0.827. The second-order valence-corrected chi connectivity index (χ2v) is 6.25. The van der Waals surface area contributed by atoms with Gasteiger partial charge in [-0.05, 0) is 42.3 Å². The van der Waals surface area contributed by atoms with Crippen LogP contribution in [0.2, 0.25) is 0 Å². The number of halogens is 1. The van der Waals surface area contributed by atoms with Crippen molar-refractivity contribution in [3.8, 4) is 0 Å². The van der Waals surface area contributed by atoms with Crippen LogP contribution in [0.15, 0.2) is 53.4 Å². The van der Waals surface area contributed by atoms with Gasteiger partial charge in [-0.25, -0.2) is 12.8 Å². The van der Waals surface area contributed by atoms with Gasteiger partial charge < -0.3 is 0 Å². The first kappa shape index (κ1) is 16.1. The van der Waals surface area contributed by atoms with Crippen molar-refractivity contribution in [3.05, 3.63) is 65.5 Å². The Labute approximate surface area is 128 Å². The maximum atomic E-state index is 13.1. The molecular formula is C15H15FN2O3S. The van der Waals surface area contributed by atoms with E-state index in [4.69, 9.17) is 0 Å². The maximum Gasteiger partial charge on any atom is 0.266 e. The number of hydrogen-bond donors (Lipinski definition) is 2. The van der Waals surface area contributed by atoms with Gasteiger partial charge in [-0.3, -0.25) is 10.2 Å². The highest BCUT2D eigenvalue weighted by molar-refractivity contribution is 7.89. The second-order valence-electron chi connectivity index (χ2n) is 4.57. The first-order valence-electron chi connectivity index (χ1n) is 6.59. The topological polar surface area (TPSA) is 75.3 Å². The van der Waals surface area contributed by atoms with Crippen LogP contribution in [0.25, 0.3) is 0 Å². The zero-order valence-electron chi connectivity index (χ0n) is 11.8. The van der Waals surface area contributed by atoms with Crippen molar-refractivity contribution >= 4 is 15.9 Å². The zero-order valence-corrected chi connectivity index (χ0v) is 12.7. The summed E-state index contributed by atoms with van der Waals surface area (Å²) >= 11 is 0. The molecule has 0 fully saturated rings. The predicted molar refractivity (Wildman–Crippen MR) is 80.0 cm³/mol. The van der Waals surface area contributed by atoms with Crippen molar-refractivity contribution in [3.63, 3.8) is 0 Å². The van der Waals surface area contributed by atoms with Gasteiger partial charge in [0.1, 0.15) is 5.82 Å². The monoisotopic (exact) mass is 322 g/mol. The third kappa shape index (κ3) is 3.90. The van der Waals surface area contributed by atoms with Crippen LogP contribution >= 0.6 is 0 Å². The van der Waals surface area contributed by atoms with Gasteiger partial charge in [0, 0.05) is 5.56 Å². The Morgan fingerprint density at radius 2 is 1.82 bits per heavy atom. The third-order valence-corrected chi connectivity index (χ3v) is 4.28. The summed E-state index contributed by atoms with van der Waals surface area (Å²) < 4.78 is 36.9. The number of hydrazine groups is 1. The Morgan fingerprint density at radius 3 is 2.41 bits per heavy atom. The number of benzene rings is 2. The molecule has 0 unspecified atom stereocenters. The fraction of sp³-hybridized carbons (Fsp3) is 0.133. The molecule has 2 rings (SSSR count). The molecule has 1 amide bonds. The molecule has 0 spiro atoms. The Morgan fingerprint density at radius 1 is 1.14 bits per heavy atom. The molecule has 0 bridgehead atoms. The summed E-state index contributed by atoms with van der Waals surface area (Å²) in [6, 6.07) is 11.3. The van der Waals surface area contributed by atoms with E-state index in [1.165, 1.54) is 12.1 Å². The largest absolute Gasteiger partial charge is 0.273 e. The van der Waals surface area contributed by atoms with Gasteiger partial charge >= 0.3 is 0 Å². The summed E-state index contributed by atoms with van der Waals surface area (Å²) in [6.45, 7) is 1.99. The number of hydrogen-bond acceptors (Lipinski definition) is 3. The lowest BCUT2D eigenvalue weighted by Crippen LogP contribution is -2.41. The van der Waals surface area contributed by atoms with Crippen molar-refractivity contribution in [2.24, 2.45) is 0 Å². The number of sulfonamides is 1. The van der Waals surface area contributed by atoms with Gasteiger partial charge in [0.15, 0.2) is 0 Å². The van der Waals surface area contributed by atoms with Gasteiger partial charge in [-0.15, -0.1) is 4.83 Å². The molecule has 0 aliphatic heterocycles. The van der Waals surface area contributed by atoms with E-state index in [1.807, 2.05) is 11.8 Å². The predicted octanol–water partition coefficient (Wildman–Crippen LogP) is 2.01. The summed E-state index contributed by atoms with van der Waals surface area (Å²) in [5.74, 6) is -1.27.